The van der Waals surface area contributed by atoms with Gasteiger partial charge in [0.25, 0.3) is 0 Å². The molecule has 31 heavy (non-hydrogen) atoms. The Morgan fingerprint density at radius 1 is 1.06 bits per heavy atom. The molecule has 3 aliphatic carbocycles. The van der Waals surface area contributed by atoms with Crippen molar-refractivity contribution < 1.29 is 14.6 Å². The van der Waals surface area contributed by atoms with Crippen LogP contribution in [0, 0.1) is 0 Å². The van der Waals surface area contributed by atoms with E-state index in [2.05, 4.69) is 40.2 Å². The molecule has 0 spiro atoms. The third-order valence-electron chi connectivity index (χ3n) is 7.07. The summed E-state index contributed by atoms with van der Waals surface area (Å²) in [6.07, 6.45) is 3.26. The molecule has 0 saturated heterocycles. The highest BCUT2D eigenvalue weighted by Gasteiger charge is 2.58. The van der Waals surface area contributed by atoms with Gasteiger partial charge in [0.15, 0.2) is 0 Å². The number of ether oxygens (including phenoxy) is 1. The third-order valence-corrected chi connectivity index (χ3v) is 7.60. The highest BCUT2D eigenvalue weighted by Crippen LogP contribution is 2.56. The van der Waals surface area contributed by atoms with Crippen molar-refractivity contribution in [2.24, 2.45) is 0 Å². The van der Waals surface area contributed by atoms with Crippen molar-refractivity contribution in [2.45, 2.75) is 82.1 Å². The van der Waals surface area contributed by atoms with Gasteiger partial charge in [-0.15, -0.1) is 0 Å². The Bertz CT molecular complexity index is 912. The van der Waals surface area contributed by atoms with Gasteiger partial charge in [0.2, 0.25) is 0 Å². The number of aliphatic hydroxyl groups is 1. The second kappa shape index (κ2) is 8.25. The molecule has 0 unspecified atom stereocenters. The van der Waals surface area contributed by atoms with Crippen LogP contribution in [0.2, 0.25) is 0 Å². The third kappa shape index (κ3) is 4.40. The van der Waals surface area contributed by atoms with E-state index in [0.29, 0.717) is 13.0 Å². The molecular weight excluding hydrogens is 454 g/mol. The van der Waals surface area contributed by atoms with E-state index in [9.17, 15) is 9.90 Å². The molecule has 0 aromatic heterocycles. The van der Waals surface area contributed by atoms with E-state index in [1.807, 2.05) is 56.0 Å². The Labute approximate surface area is 193 Å². The van der Waals surface area contributed by atoms with Crippen molar-refractivity contribution in [2.75, 3.05) is 0 Å². The van der Waals surface area contributed by atoms with Gasteiger partial charge >= 0.3 is 6.09 Å². The zero-order chi connectivity index (χ0) is 22.3. The molecular formula is C26H32BrNO3. The molecule has 4 nitrogen and oxygen atoms in total. The molecule has 0 radical (unpaired) electrons. The minimum absolute atomic E-state index is 0.227. The molecule has 5 heteroatoms. The fourth-order valence-electron chi connectivity index (χ4n) is 5.41. The number of carbonyl (C=O) groups excluding carboxylic acids is 1. The molecule has 0 heterocycles. The van der Waals surface area contributed by atoms with Gasteiger partial charge in [-0.2, -0.15) is 0 Å². The van der Waals surface area contributed by atoms with Gasteiger partial charge in [0.05, 0.1) is 6.10 Å². The molecule has 0 aliphatic heterocycles. The summed E-state index contributed by atoms with van der Waals surface area (Å²) in [6.45, 7) is 6.20. The van der Waals surface area contributed by atoms with Gasteiger partial charge in [0, 0.05) is 22.0 Å². The fraction of sp³-hybridized carbons (Fsp3) is 0.500. The largest absolute Gasteiger partial charge is 0.444 e. The van der Waals surface area contributed by atoms with Crippen LogP contribution in [0.5, 0.6) is 0 Å². The quantitative estimate of drug-likeness (QED) is 0.560. The van der Waals surface area contributed by atoms with Crippen LogP contribution in [0.3, 0.4) is 0 Å². The van der Waals surface area contributed by atoms with Gasteiger partial charge < -0.3 is 9.84 Å². The summed E-state index contributed by atoms with van der Waals surface area (Å²) in [5.41, 5.74) is 1.10. The fourth-order valence-corrected chi connectivity index (χ4v) is 5.67. The molecule has 1 N–H and O–H groups in total. The first-order valence-corrected chi connectivity index (χ1v) is 11.9. The lowest BCUT2D eigenvalue weighted by atomic mass is 9.53. The summed E-state index contributed by atoms with van der Waals surface area (Å²) in [5.74, 6) is 0. The Hall–Kier alpha value is -1.85. The summed E-state index contributed by atoms with van der Waals surface area (Å²) in [4.78, 5) is 15.3. The van der Waals surface area contributed by atoms with Crippen LogP contribution in [0.4, 0.5) is 4.79 Å². The molecule has 2 aromatic rings. The predicted octanol–water partition coefficient (Wildman–Crippen LogP) is 6.20. The molecule has 2 aromatic carbocycles. The van der Waals surface area contributed by atoms with Crippen LogP contribution >= 0.6 is 15.9 Å². The molecule has 1 amide bonds. The highest BCUT2D eigenvalue weighted by molar-refractivity contribution is 9.10. The lowest BCUT2D eigenvalue weighted by Gasteiger charge is -2.59. The van der Waals surface area contributed by atoms with Crippen molar-refractivity contribution in [3.05, 3.63) is 70.2 Å². The monoisotopic (exact) mass is 485 g/mol. The van der Waals surface area contributed by atoms with Gasteiger partial charge in [-0.3, -0.25) is 4.90 Å². The SMILES string of the molecule is CC(C)(C)OC(=O)N(Cc1ccccc1)C12CCC(c3ccc(Br)cc3)(CC1)[C@H](O)C2. The first-order chi connectivity index (χ1) is 14.6. The Morgan fingerprint density at radius 3 is 2.23 bits per heavy atom. The number of fused-ring (bicyclic) bond motifs is 3. The van der Waals surface area contributed by atoms with Gasteiger partial charge in [0.1, 0.15) is 5.60 Å². The first-order valence-electron chi connectivity index (χ1n) is 11.1. The summed E-state index contributed by atoms with van der Waals surface area (Å²) >= 11 is 3.51. The molecule has 5 rings (SSSR count). The molecule has 3 fully saturated rings. The minimum Gasteiger partial charge on any atom is -0.444 e. The average molecular weight is 486 g/mol. The number of hydrogen-bond donors (Lipinski definition) is 1. The van der Waals surface area contributed by atoms with E-state index in [0.717, 1.165) is 35.7 Å². The van der Waals surface area contributed by atoms with Crippen LogP contribution in [0.25, 0.3) is 0 Å². The van der Waals surface area contributed by atoms with Crippen LogP contribution < -0.4 is 0 Å². The smallest absolute Gasteiger partial charge is 0.411 e. The average Bonchev–Trinajstić information content (AvgIpc) is 2.73. The van der Waals surface area contributed by atoms with Crippen molar-refractivity contribution >= 4 is 22.0 Å². The first kappa shape index (κ1) is 22.3. The Balaban J connectivity index is 1.63. The summed E-state index contributed by atoms with van der Waals surface area (Å²) < 4.78 is 6.87. The molecule has 166 valence electrons. The number of halogens is 1. The zero-order valence-corrected chi connectivity index (χ0v) is 20.2. The van der Waals surface area contributed by atoms with Crippen LogP contribution in [0.1, 0.15) is 64.0 Å². The van der Waals surface area contributed by atoms with E-state index < -0.39 is 11.7 Å². The molecule has 1 atom stereocenters. The number of rotatable bonds is 4. The molecule has 2 bridgehead atoms. The zero-order valence-electron chi connectivity index (χ0n) is 18.6. The number of benzene rings is 2. The maximum absolute atomic E-state index is 13.4. The number of amides is 1. The van der Waals surface area contributed by atoms with Gasteiger partial charge in [-0.05, 0) is 76.1 Å². The van der Waals surface area contributed by atoms with Gasteiger partial charge in [-0.1, -0.05) is 58.4 Å². The lowest BCUT2D eigenvalue weighted by molar-refractivity contribution is -0.102. The van der Waals surface area contributed by atoms with Crippen LogP contribution in [-0.4, -0.2) is 33.3 Å². The summed E-state index contributed by atoms with van der Waals surface area (Å²) in [5, 5.41) is 11.4. The molecule has 3 saturated carbocycles. The standard InChI is InChI=1S/C26H32BrNO3/c1-24(2,3)31-23(30)28(18-19-7-5-4-6-8-19)25-13-15-26(16-14-25,22(29)17-25)20-9-11-21(27)12-10-20/h4-12,22,29H,13-18H2,1-3H3/t22-,25?,26?/m1/s1. The van der Waals surface area contributed by atoms with Crippen molar-refractivity contribution in [1.29, 1.82) is 0 Å². The summed E-state index contributed by atoms with van der Waals surface area (Å²) in [7, 11) is 0. The van der Waals surface area contributed by atoms with Crippen molar-refractivity contribution in [1.82, 2.24) is 4.90 Å². The van der Waals surface area contributed by atoms with Crippen molar-refractivity contribution in [3.8, 4) is 0 Å². The number of nitrogens with zero attached hydrogens (tertiary/aromatic N) is 1. The van der Waals surface area contributed by atoms with E-state index in [1.54, 1.807) is 0 Å². The van der Waals surface area contributed by atoms with Crippen LogP contribution in [-0.2, 0) is 16.7 Å². The number of carbonyl (C=O) groups is 1. The lowest BCUT2D eigenvalue weighted by Crippen LogP contribution is -2.64. The normalized spacial score (nSPS) is 27.7. The topological polar surface area (TPSA) is 49.8 Å². The maximum atomic E-state index is 13.4. The Morgan fingerprint density at radius 2 is 1.68 bits per heavy atom. The van der Waals surface area contributed by atoms with E-state index in [1.165, 1.54) is 5.56 Å². The summed E-state index contributed by atoms with van der Waals surface area (Å²) in [6, 6.07) is 18.4. The second-order valence-corrected chi connectivity index (χ2v) is 11.1. The molecule has 3 aliphatic rings. The Kier molecular flexibility index (Phi) is 5.95. The minimum atomic E-state index is -0.564. The van der Waals surface area contributed by atoms with E-state index in [4.69, 9.17) is 4.74 Å². The van der Waals surface area contributed by atoms with Crippen molar-refractivity contribution in [3.63, 3.8) is 0 Å². The predicted molar refractivity (Wildman–Crippen MR) is 126 cm³/mol. The number of aliphatic hydroxyl groups excluding tert-OH is 1. The van der Waals surface area contributed by atoms with E-state index >= 15 is 0 Å². The second-order valence-electron chi connectivity index (χ2n) is 10.2. The van der Waals surface area contributed by atoms with E-state index in [-0.39, 0.29) is 17.0 Å². The number of hydrogen-bond acceptors (Lipinski definition) is 3. The van der Waals surface area contributed by atoms with Gasteiger partial charge in [-0.25, -0.2) is 4.79 Å². The maximum Gasteiger partial charge on any atom is 0.411 e. The van der Waals surface area contributed by atoms with Crippen LogP contribution in [0.15, 0.2) is 59.1 Å². The highest BCUT2D eigenvalue weighted by atomic mass is 79.9.